The van der Waals surface area contributed by atoms with Crippen molar-refractivity contribution >= 4 is 5.91 Å². The number of ether oxygens (including phenoxy) is 1. The minimum atomic E-state index is -0.432. The van der Waals surface area contributed by atoms with Gasteiger partial charge in [-0.2, -0.15) is 5.10 Å². The quantitative estimate of drug-likeness (QED) is 0.675. The number of amides is 1. The van der Waals surface area contributed by atoms with Gasteiger partial charge in [-0.05, 0) is 23.3 Å². The largest absolute Gasteiger partial charge is 0.490 e. The minimum Gasteiger partial charge on any atom is -0.490 e. The molecular weight excluding hydrogens is 335 g/mol. The van der Waals surface area contributed by atoms with Gasteiger partial charge in [-0.3, -0.25) is 4.79 Å². The highest BCUT2D eigenvalue weighted by Gasteiger charge is 2.05. The Kier molecular flexibility index (Phi) is 5.92. The van der Waals surface area contributed by atoms with E-state index in [4.69, 9.17) is 4.74 Å². The van der Waals surface area contributed by atoms with E-state index in [0.29, 0.717) is 13.1 Å². The number of hydrogen-bond donors (Lipinski definition) is 1. The molecule has 0 saturated heterocycles. The molecule has 0 saturated carbocycles. The van der Waals surface area contributed by atoms with Crippen LogP contribution >= 0.6 is 0 Å². The standard InChI is InChI=1S/C19H19FN4O2/c20-17-3-1-2-4-18(17)26-10-9-19(25)22-11-15-5-7-16(8-6-15)12-24-14-21-13-23-24/h1-8,13-14H,9-12H2,(H,22,25). The number of halogens is 1. The lowest BCUT2D eigenvalue weighted by Crippen LogP contribution is -2.24. The highest BCUT2D eigenvalue weighted by molar-refractivity contribution is 5.76. The Balaban J connectivity index is 1.39. The first-order chi connectivity index (χ1) is 12.7. The molecule has 134 valence electrons. The van der Waals surface area contributed by atoms with Crippen LogP contribution in [0.3, 0.4) is 0 Å². The molecule has 1 heterocycles. The lowest BCUT2D eigenvalue weighted by Gasteiger charge is -2.08. The Morgan fingerprint density at radius 1 is 1.12 bits per heavy atom. The first-order valence-electron chi connectivity index (χ1n) is 8.25. The summed E-state index contributed by atoms with van der Waals surface area (Å²) in [6.07, 6.45) is 3.33. The molecule has 0 aliphatic rings. The van der Waals surface area contributed by atoms with Crippen molar-refractivity contribution in [1.82, 2.24) is 20.1 Å². The number of nitrogens with one attached hydrogen (secondary N) is 1. The highest BCUT2D eigenvalue weighted by atomic mass is 19.1. The van der Waals surface area contributed by atoms with Crippen LogP contribution in [0.1, 0.15) is 17.5 Å². The van der Waals surface area contributed by atoms with Gasteiger partial charge in [-0.15, -0.1) is 0 Å². The van der Waals surface area contributed by atoms with Gasteiger partial charge in [0.1, 0.15) is 12.7 Å². The third-order valence-corrected chi connectivity index (χ3v) is 3.75. The van der Waals surface area contributed by atoms with Crippen LogP contribution in [-0.4, -0.2) is 27.3 Å². The number of hydrogen-bond acceptors (Lipinski definition) is 4. The van der Waals surface area contributed by atoms with E-state index < -0.39 is 5.82 Å². The van der Waals surface area contributed by atoms with Crippen LogP contribution in [0.2, 0.25) is 0 Å². The molecule has 0 fully saturated rings. The summed E-state index contributed by atoms with van der Waals surface area (Å²) in [5, 5.41) is 6.89. The van der Waals surface area contributed by atoms with Crippen LogP contribution < -0.4 is 10.1 Å². The fraction of sp³-hybridized carbons (Fsp3) is 0.211. The third kappa shape index (κ3) is 5.14. The average Bonchev–Trinajstić information content (AvgIpc) is 3.16. The maximum Gasteiger partial charge on any atom is 0.223 e. The topological polar surface area (TPSA) is 69.0 Å². The van der Waals surface area contributed by atoms with Gasteiger partial charge in [0.05, 0.1) is 19.6 Å². The molecule has 26 heavy (non-hydrogen) atoms. The maximum absolute atomic E-state index is 13.4. The van der Waals surface area contributed by atoms with Crippen molar-refractivity contribution in [2.24, 2.45) is 0 Å². The first-order valence-corrected chi connectivity index (χ1v) is 8.25. The number of nitrogens with zero attached hydrogens (tertiary/aromatic N) is 3. The molecule has 1 aromatic heterocycles. The van der Waals surface area contributed by atoms with Crippen molar-refractivity contribution in [2.45, 2.75) is 19.5 Å². The third-order valence-electron chi connectivity index (χ3n) is 3.75. The Morgan fingerprint density at radius 3 is 2.62 bits per heavy atom. The van der Waals surface area contributed by atoms with Gasteiger partial charge in [0.25, 0.3) is 0 Å². The molecule has 3 aromatic rings. The van der Waals surface area contributed by atoms with Crippen LogP contribution in [0.5, 0.6) is 5.75 Å². The van der Waals surface area contributed by atoms with Crippen LogP contribution in [-0.2, 0) is 17.9 Å². The molecule has 1 amide bonds. The Labute approximate surface area is 150 Å². The zero-order valence-electron chi connectivity index (χ0n) is 14.1. The number of para-hydroxylation sites is 1. The van der Waals surface area contributed by atoms with Gasteiger partial charge in [0.15, 0.2) is 11.6 Å². The molecule has 0 aliphatic heterocycles. The fourth-order valence-electron chi connectivity index (χ4n) is 2.37. The molecular formula is C19H19FN4O2. The lowest BCUT2D eigenvalue weighted by molar-refractivity contribution is -0.121. The van der Waals surface area contributed by atoms with Crippen molar-refractivity contribution < 1.29 is 13.9 Å². The van der Waals surface area contributed by atoms with E-state index in [1.165, 1.54) is 18.5 Å². The van der Waals surface area contributed by atoms with Crippen LogP contribution in [0.4, 0.5) is 4.39 Å². The molecule has 0 atom stereocenters. The second-order valence-electron chi connectivity index (χ2n) is 5.72. The van der Waals surface area contributed by atoms with E-state index in [1.54, 1.807) is 23.1 Å². The molecule has 0 unspecified atom stereocenters. The van der Waals surface area contributed by atoms with E-state index in [9.17, 15) is 9.18 Å². The molecule has 0 bridgehead atoms. The van der Waals surface area contributed by atoms with Crippen molar-refractivity contribution in [3.8, 4) is 5.75 Å². The molecule has 2 aromatic carbocycles. The predicted molar refractivity (Wildman–Crippen MR) is 93.9 cm³/mol. The normalized spacial score (nSPS) is 10.5. The summed E-state index contributed by atoms with van der Waals surface area (Å²) >= 11 is 0. The molecule has 6 nitrogen and oxygen atoms in total. The molecule has 1 N–H and O–H groups in total. The fourth-order valence-corrected chi connectivity index (χ4v) is 2.37. The summed E-state index contributed by atoms with van der Waals surface area (Å²) in [7, 11) is 0. The first kappa shape index (κ1) is 17.6. The van der Waals surface area contributed by atoms with E-state index in [0.717, 1.165) is 11.1 Å². The highest BCUT2D eigenvalue weighted by Crippen LogP contribution is 2.15. The Bertz CT molecular complexity index is 835. The number of rotatable bonds is 8. The number of carbonyl (C=O) groups is 1. The molecule has 0 radical (unpaired) electrons. The van der Waals surface area contributed by atoms with E-state index >= 15 is 0 Å². The predicted octanol–water partition coefficient (Wildman–Crippen LogP) is 2.55. The zero-order chi connectivity index (χ0) is 18.2. The number of aromatic nitrogens is 3. The SMILES string of the molecule is O=C(CCOc1ccccc1F)NCc1ccc(Cn2cncn2)cc1. The van der Waals surface area contributed by atoms with Crippen molar-refractivity contribution in [3.63, 3.8) is 0 Å². The summed E-state index contributed by atoms with van der Waals surface area (Å²) < 4.78 is 20.4. The molecule has 0 spiro atoms. The molecule has 3 rings (SSSR count). The summed E-state index contributed by atoms with van der Waals surface area (Å²) in [4.78, 5) is 15.8. The molecule has 0 aliphatic carbocycles. The molecule has 7 heteroatoms. The van der Waals surface area contributed by atoms with E-state index in [1.807, 2.05) is 24.3 Å². The zero-order valence-corrected chi connectivity index (χ0v) is 14.1. The van der Waals surface area contributed by atoms with E-state index in [-0.39, 0.29) is 24.7 Å². The van der Waals surface area contributed by atoms with Crippen LogP contribution in [0, 0.1) is 5.82 Å². The van der Waals surface area contributed by atoms with Gasteiger partial charge < -0.3 is 10.1 Å². The summed E-state index contributed by atoms with van der Waals surface area (Å²) in [5.74, 6) is -0.421. The van der Waals surface area contributed by atoms with E-state index in [2.05, 4.69) is 15.4 Å². The minimum absolute atomic E-state index is 0.129. The van der Waals surface area contributed by atoms with Gasteiger partial charge in [0.2, 0.25) is 5.91 Å². The smallest absolute Gasteiger partial charge is 0.223 e. The Hall–Kier alpha value is -3.22. The second-order valence-corrected chi connectivity index (χ2v) is 5.72. The maximum atomic E-state index is 13.4. The van der Waals surface area contributed by atoms with Gasteiger partial charge in [-0.1, -0.05) is 36.4 Å². The van der Waals surface area contributed by atoms with Crippen LogP contribution in [0.15, 0.2) is 61.2 Å². The lowest BCUT2D eigenvalue weighted by atomic mass is 10.1. The monoisotopic (exact) mass is 354 g/mol. The average molecular weight is 354 g/mol. The van der Waals surface area contributed by atoms with Crippen LogP contribution in [0.25, 0.3) is 0 Å². The van der Waals surface area contributed by atoms with Crippen molar-refractivity contribution in [3.05, 3.63) is 78.1 Å². The number of benzene rings is 2. The summed E-state index contributed by atoms with van der Waals surface area (Å²) in [6, 6.07) is 14.0. The second kappa shape index (κ2) is 8.75. The summed E-state index contributed by atoms with van der Waals surface area (Å²) in [6.45, 7) is 1.21. The van der Waals surface area contributed by atoms with Gasteiger partial charge in [0, 0.05) is 6.54 Å². The van der Waals surface area contributed by atoms with Crippen molar-refractivity contribution in [2.75, 3.05) is 6.61 Å². The van der Waals surface area contributed by atoms with Gasteiger partial charge >= 0.3 is 0 Å². The van der Waals surface area contributed by atoms with Gasteiger partial charge in [-0.25, -0.2) is 14.1 Å². The van der Waals surface area contributed by atoms with Crippen molar-refractivity contribution in [1.29, 1.82) is 0 Å². The Morgan fingerprint density at radius 2 is 1.88 bits per heavy atom. The summed E-state index contributed by atoms with van der Waals surface area (Å²) in [5.41, 5.74) is 2.10. The number of carbonyl (C=O) groups excluding carboxylic acids is 1.